The van der Waals surface area contributed by atoms with Crippen LogP contribution in [-0.2, 0) is 0 Å². The van der Waals surface area contributed by atoms with Gasteiger partial charge in [-0.25, -0.2) is 0 Å². The molecule has 1 saturated carbocycles. The number of benzene rings is 1. The van der Waals surface area contributed by atoms with E-state index in [1.54, 1.807) is 7.11 Å². The number of allylic oxidation sites excluding steroid dienone is 1. The summed E-state index contributed by atoms with van der Waals surface area (Å²) in [7, 11) is 1.73. The van der Waals surface area contributed by atoms with Crippen LogP contribution >= 0.6 is 0 Å². The van der Waals surface area contributed by atoms with E-state index in [1.807, 2.05) is 12.1 Å². The van der Waals surface area contributed by atoms with Gasteiger partial charge in [-0.05, 0) is 24.8 Å². The molecule has 0 amide bonds. The van der Waals surface area contributed by atoms with Crippen LogP contribution in [0.1, 0.15) is 37.7 Å². The van der Waals surface area contributed by atoms with Gasteiger partial charge in [0.15, 0.2) is 0 Å². The fraction of sp³-hybridized carbons (Fsp3) is 0.467. The average molecular weight is 216 g/mol. The second-order valence-corrected chi connectivity index (χ2v) is 4.50. The topological polar surface area (TPSA) is 9.23 Å². The molecule has 0 saturated heterocycles. The molecule has 0 unspecified atom stereocenters. The minimum absolute atomic E-state index is 0.777. The number of ether oxygens (including phenoxy) is 1. The zero-order valence-corrected chi connectivity index (χ0v) is 9.99. The molecular formula is C15H20O. The summed E-state index contributed by atoms with van der Waals surface area (Å²) in [4.78, 5) is 0. The summed E-state index contributed by atoms with van der Waals surface area (Å²) >= 11 is 0. The lowest BCUT2D eigenvalue weighted by Gasteiger charge is -2.17. The van der Waals surface area contributed by atoms with Crippen molar-refractivity contribution in [2.45, 2.75) is 32.1 Å². The highest BCUT2D eigenvalue weighted by molar-refractivity contribution is 5.57. The minimum Gasteiger partial charge on any atom is -0.496 e. The van der Waals surface area contributed by atoms with Gasteiger partial charge in [0.1, 0.15) is 5.75 Å². The maximum atomic E-state index is 5.33. The van der Waals surface area contributed by atoms with Gasteiger partial charge < -0.3 is 4.74 Å². The summed E-state index contributed by atoms with van der Waals surface area (Å²) in [5, 5.41) is 0. The first kappa shape index (κ1) is 11.3. The van der Waals surface area contributed by atoms with Crippen molar-refractivity contribution in [3.8, 4) is 5.75 Å². The minimum atomic E-state index is 0.777. The molecular weight excluding hydrogens is 196 g/mol. The van der Waals surface area contributed by atoms with Crippen molar-refractivity contribution in [3.05, 3.63) is 35.9 Å². The second-order valence-electron chi connectivity index (χ2n) is 4.50. The van der Waals surface area contributed by atoms with Crippen molar-refractivity contribution in [3.63, 3.8) is 0 Å². The third-order valence-corrected chi connectivity index (χ3v) is 3.34. The van der Waals surface area contributed by atoms with Crippen LogP contribution in [0.4, 0.5) is 0 Å². The Bertz CT molecular complexity index is 348. The van der Waals surface area contributed by atoms with E-state index in [-0.39, 0.29) is 0 Å². The SMILES string of the molecule is COc1ccccc1C=CC1CCCCC1. The van der Waals surface area contributed by atoms with Gasteiger partial charge in [0.05, 0.1) is 7.11 Å². The maximum absolute atomic E-state index is 5.33. The molecule has 1 nitrogen and oxygen atoms in total. The summed E-state index contributed by atoms with van der Waals surface area (Å²) < 4.78 is 5.33. The molecule has 0 heterocycles. The van der Waals surface area contributed by atoms with E-state index in [4.69, 9.17) is 4.74 Å². The van der Waals surface area contributed by atoms with Crippen molar-refractivity contribution >= 4 is 6.08 Å². The van der Waals surface area contributed by atoms with Crippen LogP contribution in [0.2, 0.25) is 0 Å². The molecule has 0 bridgehead atoms. The summed E-state index contributed by atoms with van der Waals surface area (Å²) in [5.41, 5.74) is 1.19. The zero-order valence-electron chi connectivity index (χ0n) is 9.99. The molecule has 16 heavy (non-hydrogen) atoms. The van der Waals surface area contributed by atoms with E-state index in [9.17, 15) is 0 Å². The third kappa shape index (κ3) is 2.88. The Balaban J connectivity index is 2.04. The zero-order chi connectivity index (χ0) is 11.2. The molecule has 0 atom stereocenters. The molecule has 1 aliphatic rings. The monoisotopic (exact) mass is 216 g/mol. The molecule has 1 aromatic rings. The molecule has 0 aromatic heterocycles. The smallest absolute Gasteiger partial charge is 0.126 e. The van der Waals surface area contributed by atoms with Gasteiger partial charge in [-0.1, -0.05) is 49.6 Å². The number of para-hydroxylation sites is 1. The van der Waals surface area contributed by atoms with E-state index < -0.39 is 0 Å². The Kier molecular flexibility index (Phi) is 4.03. The predicted octanol–water partition coefficient (Wildman–Crippen LogP) is 4.29. The lowest BCUT2D eigenvalue weighted by molar-refractivity contribution is 0.413. The molecule has 0 spiro atoms. The molecule has 2 rings (SSSR count). The Hall–Kier alpha value is -1.24. The Morgan fingerprint density at radius 3 is 2.62 bits per heavy atom. The van der Waals surface area contributed by atoms with E-state index in [2.05, 4.69) is 24.3 Å². The highest BCUT2D eigenvalue weighted by atomic mass is 16.5. The average Bonchev–Trinajstić information content (AvgIpc) is 2.38. The fourth-order valence-electron chi connectivity index (χ4n) is 2.37. The maximum Gasteiger partial charge on any atom is 0.126 e. The van der Waals surface area contributed by atoms with E-state index in [1.165, 1.54) is 37.7 Å². The fourth-order valence-corrected chi connectivity index (χ4v) is 2.37. The van der Waals surface area contributed by atoms with Crippen LogP contribution in [0.3, 0.4) is 0 Å². The van der Waals surface area contributed by atoms with Crippen LogP contribution in [-0.4, -0.2) is 7.11 Å². The van der Waals surface area contributed by atoms with Crippen molar-refractivity contribution < 1.29 is 4.74 Å². The normalized spacial score (nSPS) is 17.8. The number of hydrogen-bond acceptors (Lipinski definition) is 1. The quantitative estimate of drug-likeness (QED) is 0.732. The van der Waals surface area contributed by atoms with Gasteiger partial charge in [-0.15, -0.1) is 0 Å². The van der Waals surface area contributed by atoms with Crippen molar-refractivity contribution in [2.24, 2.45) is 5.92 Å². The molecule has 0 N–H and O–H groups in total. The van der Waals surface area contributed by atoms with Crippen LogP contribution < -0.4 is 4.74 Å². The van der Waals surface area contributed by atoms with Crippen molar-refractivity contribution in [1.29, 1.82) is 0 Å². The molecule has 0 aliphatic heterocycles. The first-order chi connectivity index (χ1) is 7.90. The molecule has 1 aliphatic carbocycles. The summed E-state index contributed by atoms with van der Waals surface area (Å²) in [6.45, 7) is 0. The highest BCUT2D eigenvalue weighted by Gasteiger charge is 2.09. The van der Waals surface area contributed by atoms with Gasteiger partial charge >= 0.3 is 0 Å². The number of hydrogen-bond donors (Lipinski definition) is 0. The van der Waals surface area contributed by atoms with Gasteiger partial charge in [-0.3, -0.25) is 0 Å². The molecule has 0 radical (unpaired) electrons. The number of methoxy groups -OCH3 is 1. The van der Waals surface area contributed by atoms with Gasteiger partial charge in [0.2, 0.25) is 0 Å². The van der Waals surface area contributed by atoms with Crippen molar-refractivity contribution in [1.82, 2.24) is 0 Å². The van der Waals surface area contributed by atoms with E-state index >= 15 is 0 Å². The number of rotatable bonds is 3. The molecule has 1 aromatic carbocycles. The Morgan fingerprint density at radius 2 is 1.88 bits per heavy atom. The third-order valence-electron chi connectivity index (χ3n) is 3.34. The van der Waals surface area contributed by atoms with E-state index in [0.29, 0.717) is 0 Å². The van der Waals surface area contributed by atoms with Crippen molar-refractivity contribution in [2.75, 3.05) is 7.11 Å². The Morgan fingerprint density at radius 1 is 1.12 bits per heavy atom. The lowest BCUT2D eigenvalue weighted by atomic mass is 9.89. The standard InChI is InChI=1S/C15H20O/c1-16-15-10-6-5-9-14(15)12-11-13-7-3-2-4-8-13/h5-6,9-13H,2-4,7-8H2,1H3. The first-order valence-electron chi connectivity index (χ1n) is 6.21. The Labute approximate surface area is 98.1 Å². The van der Waals surface area contributed by atoms with Gasteiger partial charge in [0.25, 0.3) is 0 Å². The summed E-state index contributed by atoms with van der Waals surface area (Å²) in [5.74, 6) is 1.74. The summed E-state index contributed by atoms with van der Waals surface area (Å²) in [6, 6.07) is 8.19. The summed E-state index contributed by atoms with van der Waals surface area (Å²) in [6.07, 6.45) is 11.5. The van der Waals surface area contributed by atoms with Crippen LogP contribution in [0.25, 0.3) is 6.08 Å². The predicted molar refractivity (Wildman–Crippen MR) is 68.6 cm³/mol. The highest BCUT2D eigenvalue weighted by Crippen LogP contribution is 2.26. The second kappa shape index (κ2) is 5.74. The molecule has 86 valence electrons. The van der Waals surface area contributed by atoms with Crippen LogP contribution in [0.15, 0.2) is 30.3 Å². The van der Waals surface area contributed by atoms with Crippen LogP contribution in [0.5, 0.6) is 5.75 Å². The largest absolute Gasteiger partial charge is 0.496 e. The molecule has 1 fully saturated rings. The van der Waals surface area contributed by atoms with E-state index in [0.717, 1.165) is 11.7 Å². The van der Waals surface area contributed by atoms with Crippen LogP contribution in [0, 0.1) is 5.92 Å². The molecule has 1 heteroatoms. The van der Waals surface area contributed by atoms with Gasteiger partial charge in [0, 0.05) is 5.56 Å². The van der Waals surface area contributed by atoms with Gasteiger partial charge in [-0.2, -0.15) is 0 Å². The first-order valence-corrected chi connectivity index (χ1v) is 6.21. The lowest BCUT2D eigenvalue weighted by Crippen LogP contribution is -2.02.